The number of amides is 1. The molecule has 192 valence electrons. The molecule has 0 bridgehead atoms. The van der Waals surface area contributed by atoms with Crippen molar-refractivity contribution in [2.24, 2.45) is 0 Å². The Morgan fingerprint density at radius 1 is 1.17 bits per heavy atom. The number of carbonyl (C=O) groups is 1. The first kappa shape index (κ1) is 27.1. The first-order valence-electron chi connectivity index (χ1n) is 11.2. The highest BCUT2D eigenvalue weighted by Crippen LogP contribution is 2.35. The van der Waals surface area contributed by atoms with Gasteiger partial charge in [0.1, 0.15) is 18.1 Å². The van der Waals surface area contributed by atoms with Gasteiger partial charge in [-0.05, 0) is 55.7 Å². The molecule has 2 aromatic carbocycles. The van der Waals surface area contributed by atoms with Crippen LogP contribution in [-0.4, -0.2) is 29.3 Å². The van der Waals surface area contributed by atoms with Gasteiger partial charge in [-0.15, -0.1) is 0 Å². The van der Waals surface area contributed by atoms with Gasteiger partial charge in [-0.1, -0.05) is 35.9 Å². The van der Waals surface area contributed by atoms with E-state index >= 15 is 0 Å². The summed E-state index contributed by atoms with van der Waals surface area (Å²) in [6.07, 6.45) is -1.16. The molecule has 0 aliphatic carbocycles. The van der Waals surface area contributed by atoms with Gasteiger partial charge in [0, 0.05) is 24.7 Å². The van der Waals surface area contributed by atoms with Gasteiger partial charge in [0.15, 0.2) is 5.69 Å². The van der Waals surface area contributed by atoms with E-state index in [0.29, 0.717) is 18.8 Å². The third-order valence-corrected chi connectivity index (χ3v) is 5.91. The van der Waals surface area contributed by atoms with Gasteiger partial charge in [-0.3, -0.25) is 9.48 Å². The zero-order chi connectivity index (χ0) is 26.3. The average Bonchev–Trinajstić information content (AvgIpc) is 3.14. The zero-order valence-corrected chi connectivity index (χ0v) is 20.9. The van der Waals surface area contributed by atoms with E-state index in [1.807, 2.05) is 43.3 Å². The summed E-state index contributed by atoms with van der Waals surface area (Å²) in [6, 6.07) is 13.2. The third kappa shape index (κ3) is 7.04. The fourth-order valence-corrected chi connectivity index (χ4v) is 3.73. The van der Waals surface area contributed by atoms with Gasteiger partial charge in [-0.25, -0.2) is 0 Å². The van der Waals surface area contributed by atoms with Crippen LogP contribution in [0.1, 0.15) is 34.5 Å². The van der Waals surface area contributed by atoms with Gasteiger partial charge in [-0.2, -0.15) is 18.3 Å². The average molecular weight is 522 g/mol. The van der Waals surface area contributed by atoms with Crippen LogP contribution in [0.25, 0.3) is 6.08 Å². The topological polar surface area (TPSA) is 65.4 Å². The number of ether oxygens (including phenoxy) is 2. The number of carbonyl (C=O) groups excluding carboxylic acids is 1. The van der Waals surface area contributed by atoms with Crippen molar-refractivity contribution in [3.05, 3.63) is 81.6 Å². The lowest BCUT2D eigenvalue weighted by Gasteiger charge is -2.12. The molecule has 0 saturated carbocycles. The Morgan fingerprint density at radius 3 is 2.58 bits per heavy atom. The van der Waals surface area contributed by atoms with Gasteiger partial charge < -0.3 is 14.8 Å². The highest BCUT2D eigenvalue weighted by atomic mass is 35.5. The van der Waals surface area contributed by atoms with Crippen molar-refractivity contribution in [1.29, 1.82) is 0 Å². The Morgan fingerprint density at radius 2 is 1.92 bits per heavy atom. The second kappa shape index (κ2) is 12.0. The van der Waals surface area contributed by atoms with Gasteiger partial charge in [0.2, 0.25) is 5.91 Å². The Balaban J connectivity index is 1.53. The fourth-order valence-electron chi connectivity index (χ4n) is 3.48. The molecule has 0 unspecified atom stereocenters. The molecule has 0 aliphatic heterocycles. The minimum absolute atomic E-state index is 0.189. The zero-order valence-electron chi connectivity index (χ0n) is 20.2. The van der Waals surface area contributed by atoms with E-state index in [0.717, 1.165) is 22.4 Å². The van der Waals surface area contributed by atoms with Gasteiger partial charge in [0.05, 0.1) is 17.8 Å². The van der Waals surface area contributed by atoms with Gasteiger partial charge >= 0.3 is 6.18 Å². The van der Waals surface area contributed by atoms with Crippen LogP contribution in [0.3, 0.4) is 0 Å². The lowest BCUT2D eigenvalue weighted by atomic mass is 10.1. The molecule has 0 aliphatic rings. The second-order valence-corrected chi connectivity index (χ2v) is 8.45. The fraction of sp³-hybridized carbons (Fsp3) is 0.308. The molecule has 6 nitrogen and oxygen atoms in total. The van der Waals surface area contributed by atoms with E-state index in [-0.39, 0.29) is 24.7 Å². The normalized spacial score (nSPS) is 11.6. The molecule has 1 heterocycles. The lowest BCUT2D eigenvalue weighted by Crippen LogP contribution is -2.23. The van der Waals surface area contributed by atoms with Crippen LogP contribution < -0.4 is 14.8 Å². The number of hydrogen-bond donors (Lipinski definition) is 1. The number of nitrogens with one attached hydrogen (secondary N) is 1. The largest absolute Gasteiger partial charge is 0.496 e. The summed E-state index contributed by atoms with van der Waals surface area (Å²) in [5.41, 5.74) is 1.77. The molecule has 0 radical (unpaired) electrons. The molecule has 0 fully saturated rings. The summed E-state index contributed by atoms with van der Waals surface area (Å²) in [5, 5.41) is 5.86. The number of alkyl halides is 3. The molecule has 3 aromatic rings. The second-order valence-electron chi connectivity index (χ2n) is 8.07. The molecule has 1 N–H and O–H groups in total. The molecule has 0 saturated heterocycles. The van der Waals surface area contributed by atoms with Crippen molar-refractivity contribution >= 4 is 23.6 Å². The van der Waals surface area contributed by atoms with Crippen LogP contribution in [-0.2, 0) is 24.1 Å². The van der Waals surface area contributed by atoms with E-state index < -0.39 is 16.9 Å². The molecule has 1 aromatic heterocycles. The lowest BCUT2D eigenvalue weighted by molar-refractivity contribution is -0.141. The van der Waals surface area contributed by atoms with Crippen molar-refractivity contribution in [3.8, 4) is 11.5 Å². The number of hydrogen-bond acceptors (Lipinski definition) is 4. The first-order valence-corrected chi connectivity index (χ1v) is 11.6. The van der Waals surface area contributed by atoms with Crippen LogP contribution in [0.15, 0.2) is 48.5 Å². The molecular weight excluding hydrogens is 495 g/mol. The third-order valence-electron chi connectivity index (χ3n) is 5.46. The van der Waals surface area contributed by atoms with E-state index in [1.165, 1.54) is 17.7 Å². The number of aryl methyl sites for hydroxylation is 2. The molecule has 3 rings (SSSR count). The van der Waals surface area contributed by atoms with Crippen molar-refractivity contribution in [1.82, 2.24) is 15.1 Å². The van der Waals surface area contributed by atoms with Gasteiger partial charge in [0.25, 0.3) is 0 Å². The molecule has 1 amide bonds. The van der Waals surface area contributed by atoms with Crippen LogP contribution in [0.2, 0.25) is 5.02 Å². The minimum atomic E-state index is -4.61. The number of halogens is 4. The molecule has 0 spiro atoms. The van der Waals surface area contributed by atoms with E-state index in [4.69, 9.17) is 21.1 Å². The number of methoxy groups -OCH3 is 1. The van der Waals surface area contributed by atoms with Crippen molar-refractivity contribution in [3.63, 3.8) is 0 Å². The summed E-state index contributed by atoms with van der Waals surface area (Å²) in [4.78, 5) is 12.2. The van der Waals surface area contributed by atoms with E-state index in [1.54, 1.807) is 19.3 Å². The Bertz CT molecular complexity index is 1240. The Labute approximate surface area is 212 Å². The quantitative estimate of drug-likeness (QED) is 0.263. The SMILES string of the molecule is COc1ccc(/C=C/C(=O)NCCCn2nc(C(F)(F)F)c(Cl)c2C)cc1COc1ccccc1C. The highest BCUT2D eigenvalue weighted by molar-refractivity contribution is 6.31. The van der Waals surface area contributed by atoms with Crippen LogP contribution >= 0.6 is 11.6 Å². The van der Waals surface area contributed by atoms with Crippen molar-refractivity contribution in [2.45, 2.75) is 39.6 Å². The molecular formula is C26H27ClF3N3O3. The highest BCUT2D eigenvalue weighted by Gasteiger charge is 2.38. The number of para-hydroxylation sites is 1. The van der Waals surface area contributed by atoms with Crippen LogP contribution in [0, 0.1) is 13.8 Å². The molecule has 36 heavy (non-hydrogen) atoms. The predicted octanol–water partition coefficient (Wildman–Crippen LogP) is 5.98. The number of nitrogens with zero attached hydrogens (tertiary/aromatic N) is 2. The number of benzene rings is 2. The maximum atomic E-state index is 12.9. The Kier molecular flexibility index (Phi) is 9.03. The Hall–Kier alpha value is -3.46. The standard InChI is InChI=1S/C26H27ClF3N3O3/c1-17-7-4-5-8-21(17)36-16-20-15-19(9-11-22(20)35-3)10-12-23(34)31-13-6-14-33-18(2)24(27)25(32-33)26(28,29)30/h4-5,7-12,15H,6,13-14,16H2,1-3H3,(H,31,34)/b12-10+. The maximum Gasteiger partial charge on any atom is 0.436 e. The minimum Gasteiger partial charge on any atom is -0.496 e. The monoisotopic (exact) mass is 521 g/mol. The maximum absolute atomic E-state index is 12.9. The summed E-state index contributed by atoms with van der Waals surface area (Å²) in [5.74, 6) is 1.13. The van der Waals surface area contributed by atoms with E-state index in [2.05, 4.69) is 10.4 Å². The van der Waals surface area contributed by atoms with E-state index in [9.17, 15) is 18.0 Å². The van der Waals surface area contributed by atoms with Crippen LogP contribution in [0.4, 0.5) is 13.2 Å². The van der Waals surface area contributed by atoms with Crippen molar-refractivity contribution < 1.29 is 27.4 Å². The number of rotatable bonds is 10. The first-order chi connectivity index (χ1) is 17.1. The molecule has 10 heteroatoms. The number of aromatic nitrogens is 2. The van der Waals surface area contributed by atoms with Crippen molar-refractivity contribution in [2.75, 3.05) is 13.7 Å². The molecule has 0 atom stereocenters. The summed E-state index contributed by atoms with van der Waals surface area (Å²) >= 11 is 5.75. The summed E-state index contributed by atoms with van der Waals surface area (Å²) in [6.45, 7) is 4.19. The predicted molar refractivity (Wildman–Crippen MR) is 132 cm³/mol. The summed E-state index contributed by atoms with van der Waals surface area (Å²) in [7, 11) is 1.58. The summed E-state index contributed by atoms with van der Waals surface area (Å²) < 4.78 is 51.3. The van der Waals surface area contributed by atoms with Crippen LogP contribution in [0.5, 0.6) is 11.5 Å². The smallest absolute Gasteiger partial charge is 0.436 e.